The van der Waals surface area contributed by atoms with Crippen LogP contribution >= 0.6 is 0 Å². The SMILES string of the molecule is Cc1ccc2c(c1)N(CCC(=O)Nc1ccnc(C)c1)C(=O)C(C)(C)O2. The highest BCUT2D eigenvalue weighted by Crippen LogP contribution is 2.38. The third-order valence-electron chi connectivity index (χ3n) is 4.27. The topological polar surface area (TPSA) is 71.5 Å². The summed E-state index contributed by atoms with van der Waals surface area (Å²) in [7, 11) is 0. The number of hydrogen-bond acceptors (Lipinski definition) is 4. The number of pyridine rings is 1. The lowest BCUT2D eigenvalue weighted by atomic mass is 10.0. The zero-order valence-corrected chi connectivity index (χ0v) is 15.5. The molecule has 0 fully saturated rings. The Morgan fingerprint density at radius 2 is 2.00 bits per heavy atom. The lowest BCUT2D eigenvalue weighted by molar-refractivity contribution is -0.132. The summed E-state index contributed by atoms with van der Waals surface area (Å²) in [6.07, 6.45) is 1.84. The number of nitrogens with one attached hydrogen (secondary N) is 1. The molecule has 1 aromatic heterocycles. The van der Waals surface area contributed by atoms with Gasteiger partial charge in [0.15, 0.2) is 5.60 Å². The second-order valence-corrected chi connectivity index (χ2v) is 7.02. The van der Waals surface area contributed by atoms with Gasteiger partial charge >= 0.3 is 0 Å². The van der Waals surface area contributed by atoms with Crippen LogP contribution in [0.5, 0.6) is 5.75 Å². The van der Waals surface area contributed by atoms with Crippen LogP contribution in [0.3, 0.4) is 0 Å². The molecule has 2 amide bonds. The number of nitrogens with zero attached hydrogens (tertiary/aromatic N) is 2. The summed E-state index contributed by atoms with van der Waals surface area (Å²) < 4.78 is 5.83. The standard InChI is InChI=1S/C20H23N3O3/c1-13-5-6-17-16(11-13)23(19(25)20(3,4)26-17)10-8-18(24)22-15-7-9-21-14(2)12-15/h5-7,9,11-12H,8,10H2,1-4H3,(H,21,22,24). The Labute approximate surface area is 153 Å². The number of rotatable bonds is 4. The summed E-state index contributed by atoms with van der Waals surface area (Å²) in [6.45, 7) is 7.60. The number of amides is 2. The monoisotopic (exact) mass is 353 g/mol. The van der Waals surface area contributed by atoms with Gasteiger partial charge in [0.05, 0.1) is 5.69 Å². The Bertz CT molecular complexity index is 861. The molecule has 1 N–H and O–H groups in total. The molecule has 0 spiro atoms. The molecule has 0 radical (unpaired) electrons. The second-order valence-electron chi connectivity index (χ2n) is 7.02. The number of aryl methyl sites for hydroxylation is 2. The number of aromatic nitrogens is 1. The number of benzene rings is 1. The third-order valence-corrected chi connectivity index (χ3v) is 4.27. The zero-order chi connectivity index (χ0) is 18.9. The minimum Gasteiger partial charge on any atom is -0.476 e. The molecule has 6 nitrogen and oxygen atoms in total. The van der Waals surface area contributed by atoms with Gasteiger partial charge in [-0.2, -0.15) is 0 Å². The lowest BCUT2D eigenvalue weighted by Crippen LogP contribution is -2.53. The molecular weight excluding hydrogens is 330 g/mol. The number of anilines is 2. The van der Waals surface area contributed by atoms with Crippen molar-refractivity contribution in [2.24, 2.45) is 0 Å². The molecular formula is C20H23N3O3. The molecule has 6 heteroatoms. The predicted octanol–water partition coefficient (Wildman–Crippen LogP) is 3.23. The summed E-state index contributed by atoms with van der Waals surface area (Å²) >= 11 is 0. The predicted molar refractivity (Wildman–Crippen MR) is 100 cm³/mol. The maximum Gasteiger partial charge on any atom is 0.270 e. The van der Waals surface area contributed by atoms with Crippen LogP contribution in [-0.2, 0) is 9.59 Å². The molecule has 0 saturated carbocycles. The molecule has 0 saturated heterocycles. The Hall–Kier alpha value is -2.89. The molecule has 0 aliphatic carbocycles. The smallest absolute Gasteiger partial charge is 0.270 e. The van der Waals surface area contributed by atoms with E-state index in [0.29, 0.717) is 17.1 Å². The third kappa shape index (κ3) is 3.69. The van der Waals surface area contributed by atoms with Gasteiger partial charge in [0.25, 0.3) is 5.91 Å². The van der Waals surface area contributed by atoms with E-state index < -0.39 is 5.60 Å². The van der Waals surface area contributed by atoms with Crippen LogP contribution in [0, 0.1) is 13.8 Å². The van der Waals surface area contributed by atoms with Gasteiger partial charge in [0.1, 0.15) is 5.75 Å². The minimum absolute atomic E-state index is 0.150. The van der Waals surface area contributed by atoms with Gasteiger partial charge in [-0.05, 0) is 57.5 Å². The van der Waals surface area contributed by atoms with E-state index >= 15 is 0 Å². The van der Waals surface area contributed by atoms with Gasteiger partial charge in [-0.15, -0.1) is 0 Å². The van der Waals surface area contributed by atoms with E-state index in [1.54, 1.807) is 37.1 Å². The first-order valence-electron chi connectivity index (χ1n) is 8.60. The summed E-state index contributed by atoms with van der Waals surface area (Å²) in [5, 5.41) is 2.85. The van der Waals surface area contributed by atoms with Crippen LogP contribution in [-0.4, -0.2) is 28.9 Å². The van der Waals surface area contributed by atoms with E-state index in [0.717, 1.165) is 11.3 Å². The lowest BCUT2D eigenvalue weighted by Gasteiger charge is -2.38. The molecule has 0 atom stereocenters. The molecule has 1 aromatic carbocycles. The fourth-order valence-corrected chi connectivity index (χ4v) is 2.96. The number of fused-ring (bicyclic) bond motifs is 1. The molecule has 2 heterocycles. The van der Waals surface area contributed by atoms with Gasteiger partial charge < -0.3 is 15.0 Å². The van der Waals surface area contributed by atoms with E-state index in [9.17, 15) is 9.59 Å². The molecule has 1 aliphatic rings. The summed E-state index contributed by atoms with van der Waals surface area (Å²) in [5.41, 5.74) is 2.31. The first-order valence-corrected chi connectivity index (χ1v) is 8.60. The molecule has 136 valence electrons. The van der Waals surface area contributed by atoms with Crippen LogP contribution in [0.1, 0.15) is 31.5 Å². The largest absolute Gasteiger partial charge is 0.476 e. The number of carbonyl (C=O) groups is 2. The van der Waals surface area contributed by atoms with Crippen molar-refractivity contribution in [1.82, 2.24) is 4.98 Å². The number of hydrogen-bond donors (Lipinski definition) is 1. The fourth-order valence-electron chi connectivity index (χ4n) is 2.96. The van der Waals surface area contributed by atoms with Gasteiger partial charge in [0, 0.05) is 30.5 Å². The van der Waals surface area contributed by atoms with Crippen molar-refractivity contribution in [2.75, 3.05) is 16.8 Å². The average Bonchev–Trinajstić information content (AvgIpc) is 2.56. The molecule has 0 bridgehead atoms. The maximum absolute atomic E-state index is 12.8. The fraction of sp³-hybridized carbons (Fsp3) is 0.350. The van der Waals surface area contributed by atoms with Crippen LogP contribution in [0.25, 0.3) is 0 Å². The molecule has 3 rings (SSSR count). The molecule has 0 unspecified atom stereocenters. The van der Waals surface area contributed by atoms with Crippen molar-refractivity contribution < 1.29 is 14.3 Å². The summed E-state index contributed by atoms with van der Waals surface area (Å²) in [4.78, 5) is 30.9. The van der Waals surface area contributed by atoms with Gasteiger partial charge in [-0.25, -0.2) is 0 Å². The van der Waals surface area contributed by atoms with Crippen molar-refractivity contribution in [3.05, 3.63) is 47.8 Å². The highest BCUT2D eigenvalue weighted by molar-refractivity contribution is 6.03. The number of carbonyl (C=O) groups excluding carboxylic acids is 2. The van der Waals surface area contributed by atoms with Crippen molar-refractivity contribution in [2.45, 2.75) is 39.7 Å². The Kier molecular flexibility index (Phi) is 4.68. The maximum atomic E-state index is 12.8. The molecule has 26 heavy (non-hydrogen) atoms. The normalized spacial score (nSPS) is 15.2. The van der Waals surface area contributed by atoms with Crippen LogP contribution in [0.4, 0.5) is 11.4 Å². The van der Waals surface area contributed by atoms with E-state index in [1.165, 1.54) is 0 Å². The van der Waals surface area contributed by atoms with Crippen LogP contribution in [0.2, 0.25) is 0 Å². The first kappa shape index (κ1) is 17.9. The van der Waals surface area contributed by atoms with Crippen molar-refractivity contribution in [3.8, 4) is 5.75 Å². The highest BCUT2D eigenvalue weighted by atomic mass is 16.5. The summed E-state index contributed by atoms with van der Waals surface area (Å²) in [6, 6.07) is 9.27. The van der Waals surface area contributed by atoms with Gasteiger partial charge in [-0.3, -0.25) is 14.6 Å². The Morgan fingerprint density at radius 3 is 2.73 bits per heavy atom. The number of ether oxygens (including phenoxy) is 1. The Morgan fingerprint density at radius 1 is 1.23 bits per heavy atom. The summed E-state index contributed by atoms with van der Waals surface area (Å²) in [5.74, 6) is 0.357. The first-order chi connectivity index (χ1) is 12.3. The van der Waals surface area contributed by atoms with Crippen molar-refractivity contribution >= 4 is 23.2 Å². The van der Waals surface area contributed by atoms with E-state index in [-0.39, 0.29) is 24.8 Å². The van der Waals surface area contributed by atoms with Crippen LogP contribution < -0.4 is 15.0 Å². The minimum atomic E-state index is -0.957. The zero-order valence-electron chi connectivity index (χ0n) is 15.5. The highest BCUT2D eigenvalue weighted by Gasteiger charge is 2.40. The van der Waals surface area contributed by atoms with Crippen molar-refractivity contribution in [3.63, 3.8) is 0 Å². The molecule has 1 aliphatic heterocycles. The Balaban J connectivity index is 1.75. The second kappa shape index (κ2) is 6.78. The van der Waals surface area contributed by atoms with E-state index in [1.807, 2.05) is 32.0 Å². The van der Waals surface area contributed by atoms with Gasteiger partial charge in [0.2, 0.25) is 5.91 Å². The quantitative estimate of drug-likeness (QED) is 0.916. The van der Waals surface area contributed by atoms with Crippen molar-refractivity contribution in [1.29, 1.82) is 0 Å². The van der Waals surface area contributed by atoms with Gasteiger partial charge in [-0.1, -0.05) is 6.07 Å². The molecule has 2 aromatic rings. The van der Waals surface area contributed by atoms with E-state index in [4.69, 9.17) is 4.74 Å². The van der Waals surface area contributed by atoms with Crippen LogP contribution in [0.15, 0.2) is 36.5 Å². The van der Waals surface area contributed by atoms with E-state index in [2.05, 4.69) is 10.3 Å². The average molecular weight is 353 g/mol.